The molecule has 2 nitrogen and oxygen atoms in total. The summed E-state index contributed by atoms with van der Waals surface area (Å²) in [5.74, 6) is 0.0684. The molecule has 0 aliphatic heterocycles. The zero-order valence-corrected chi connectivity index (χ0v) is 4.73. The topological polar surface area (TPSA) is 26.3 Å². The molecular weight excluding hydrogens is 149 g/mol. The van der Waals surface area contributed by atoms with Crippen LogP contribution >= 0.6 is 0 Å². The fraction of sp³-hybridized carbons (Fsp3) is 0.400. The Morgan fingerprint density at radius 3 is 2.40 bits per heavy atom. The molecule has 0 saturated carbocycles. The van der Waals surface area contributed by atoms with Crippen LogP contribution < -0.4 is 0 Å². The van der Waals surface area contributed by atoms with E-state index >= 15 is 0 Å². The van der Waals surface area contributed by atoms with Gasteiger partial charge in [-0.15, -0.1) is 6.42 Å². The van der Waals surface area contributed by atoms with E-state index in [2.05, 4.69) is 11.2 Å². The van der Waals surface area contributed by atoms with E-state index in [1.54, 1.807) is 0 Å². The maximum atomic E-state index is 11.2. The molecule has 0 unspecified atom stereocenters. The number of rotatable bonds is 1. The van der Waals surface area contributed by atoms with Crippen LogP contribution in [0.5, 0.6) is 0 Å². The van der Waals surface area contributed by atoms with Gasteiger partial charge in [-0.1, -0.05) is 0 Å². The highest BCUT2D eigenvalue weighted by molar-refractivity contribution is 5.87. The van der Waals surface area contributed by atoms with Crippen LogP contribution in [0.1, 0.15) is 0 Å². The first-order valence-electron chi connectivity index (χ1n) is 2.16. The van der Waals surface area contributed by atoms with E-state index in [0.717, 1.165) is 0 Å². The van der Waals surface area contributed by atoms with Crippen LogP contribution in [-0.2, 0) is 9.53 Å². The lowest BCUT2D eigenvalue weighted by atomic mass is 10.6. The second-order valence-electron chi connectivity index (χ2n) is 1.34. The molecule has 5 heteroatoms. The van der Waals surface area contributed by atoms with E-state index in [-0.39, 0.29) is 0 Å². The van der Waals surface area contributed by atoms with E-state index in [1.165, 1.54) is 5.92 Å². The Bertz CT molecular complexity index is 165. The highest BCUT2D eigenvalue weighted by Crippen LogP contribution is 2.14. The Morgan fingerprint density at radius 2 is 2.10 bits per heavy atom. The lowest BCUT2D eigenvalue weighted by molar-refractivity contribution is -0.182. The van der Waals surface area contributed by atoms with Gasteiger partial charge >= 0.3 is 12.1 Å². The average molecular weight is 152 g/mol. The number of carbonyl (C=O) groups is 1. The van der Waals surface area contributed by atoms with Gasteiger partial charge in [0.25, 0.3) is 0 Å². The molecule has 0 heterocycles. The number of esters is 1. The summed E-state index contributed by atoms with van der Waals surface area (Å²) in [7, 11) is 0. The van der Waals surface area contributed by atoms with Crippen LogP contribution in [0.15, 0.2) is 0 Å². The molecule has 0 radical (unpaired) electrons. The zero-order valence-electron chi connectivity index (χ0n) is 4.73. The molecule has 0 atom stereocenters. The zero-order chi connectivity index (χ0) is 8.20. The number of hydrogen-bond acceptors (Lipinski definition) is 2. The number of ether oxygens (including phenoxy) is 1. The highest BCUT2D eigenvalue weighted by Gasteiger charge is 2.29. The Hall–Kier alpha value is -1.18. The molecule has 0 N–H and O–H groups in total. The van der Waals surface area contributed by atoms with Crippen molar-refractivity contribution < 1.29 is 22.7 Å². The van der Waals surface area contributed by atoms with Gasteiger partial charge in [0.05, 0.1) is 0 Å². The number of alkyl halides is 3. The fourth-order valence-corrected chi connectivity index (χ4v) is 0.189. The summed E-state index contributed by atoms with van der Waals surface area (Å²) in [6.45, 7) is -1.63. The van der Waals surface area contributed by atoms with Crippen LogP contribution in [0.4, 0.5) is 13.2 Å². The molecule has 0 fully saturated rings. The number of hydrogen-bond donors (Lipinski definition) is 0. The Balaban J connectivity index is 3.58. The van der Waals surface area contributed by atoms with Gasteiger partial charge in [0.15, 0.2) is 6.61 Å². The van der Waals surface area contributed by atoms with Crippen LogP contribution in [-0.4, -0.2) is 18.8 Å². The first-order valence-corrected chi connectivity index (χ1v) is 2.16. The monoisotopic (exact) mass is 152 g/mol. The molecule has 0 amide bonds. The molecule has 0 aliphatic carbocycles. The van der Waals surface area contributed by atoms with E-state index in [0.29, 0.717) is 0 Å². The molecule has 0 aromatic heterocycles. The number of terminal acetylenes is 1. The molecule has 10 heavy (non-hydrogen) atoms. The summed E-state index contributed by atoms with van der Waals surface area (Å²) in [6, 6.07) is 0. The molecule has 0 aliphatic rings. The van der Waals surface area contributed by atoms with E-state index < -0.39 is 18.8 Å². The van der Waals surface area contributed by atoms with Crippen LogP contribution in [0, 0.1) is 12.3 Å². The molecule has 0 spiro atoms. The lowest BCUT2D eigenvalue weighted by Gasteiger charge is -2.03. The van der Waals surface area contributed by atoms with Crippen LogP contribution in [0.25, 0.3) is 0 Å². The van der Waals surface area contributed by atoms with Gasteiger partial charge in [0, 0.05) is 5.92 Å². The predicted molar refractivity (Wildman–Crippen MR) is 25.8 cm³/mol. The largest absolute Gasteiger partial charge is 0.446 e. The van der Waals surface area contributed by atoms with Crippen molar-refractivity contribution >= 4 is 5.97 Å². The van der Waals surface area contributed by atoms with Gasteiger partial charge in [-0.3, -0.25) is 0 Å². The molecular formula is C5H3F3O2. The van der Waals surface area contributed by atoms with Crippen molar-refractivity contribution in [3.63, 3.8) is 0 Å². The van der Waals surface area contributed by atoms with Gasteiger partial charge in [-0.25, -0.2) is 4.79 Å². The molecule has 0 saturated heterocycles. The molecule has 0 aromatic carbocycles. The van der Waals surface area contributed by atoms with Crippen molar-refractivity contribution in [3.8, 4) is 12.3 Å². The molecule has 0 aromatic rings. The minimum Gasteiger partial charge on any atom is -0.446 e. The van der Waals surface area contributed by atoms with E-state index in [9.17, 15) is 18.0 Å². The smallest absolute Gasteiger partial charge is 0.422 e. The SMILES string of the molecule is C#CC(=O)OCC(F)(F)F. The van der Waals surface area contributed by atoms with Crippen LogP contribution in [0.2, 0.25) is 0 Å². The van der Waals surface area contributed by atoms with E-state index in [1.807, 2.05) is 0 Å². The minimum atomic E-state index is -4.51. The number of carbonyl (C=O) groups excluding carboxylic acids is 1. The van der Waals surface area contributed by atoms with Gasteiger partial charge in [-0.05, 0) is 0 Å². The highest BCUT2D eigenvalue weighted by atomic mass is 19.4. The lowest BCUT2D eigenvalue weighted by Crippen LogP contribution is -2.19. The second kappa shape index (κ2) is 3.11. The molecule has 56 valence electrons. The molecule has 0 rings (SSSR count). The van der Waals surface area contributed by atoms with Crippen molar-refractivity contribution in [2.45, 2.75) is 6.18 Å². The third kappa shape index (κ3) is 4.97. The Morgan fingerprint density at radius 1 is 1.60 bits per heavy atom. The Labute approximate surface area is 55.0 Å². The maximum Gasteiger partial charge on any atom is 0.422 e. The minimum absolute atomic E-state index is 1.31. The second-order valence-corrected chi connectivity index (χ2v) is 1.34. The first-order chi connectivity index (χ1) is 4.45. The summed E-state index contributed by atoms with van der Waals surface area (Å²) < 4.78 is 37.2. The van der Waals surface area contributed by atoms with Gasteiger partial charge in [-0.2, -0.15) is 13.2 Å². The van der Waals surface area contributed by atoms with Crippen molar-refractivity contribution in [3.05, 3.63) is 0 Å². The Kier molecular flexibility index (Phi) is 2.74. The van der Waals surface area contributed by atoms with Gasteiger partial charge in [0.2, 0.25) is 0 Å². The van der Waals surface area contributed by atoms with Crippen molar-refractivity contribution in [2.24, 2.45) is 0 Å². The van der Waals surface area contributed by atoms with Crippen molar-refractivity contribution in [1.82, 2.24) is 0 Å². The quantitative estimate of drug-likeness (QED) is 0.314. The normalized spacial score (nSPS) is 10.2. The fourth-order valence-electron chi connectivity index (χ4n) is 0.189. The summed E-state index contributed by atoms with van der Waals surface area (Å²) in [5.41, 5.74) is 0. The van der Waals surface area contributed by atoms with Gasteiger partial charge in [0.1, 0.15) is 0 Å². The maximum absolute atomic E-state index is 11.2. The summed E-state index contributed by atoms with van der Waals surface area (Å²) >= 11 is 0. The first kappa shape index (κ1) is 8.82. The van der Waals surface area contributed by atoms with Gasteiger partial charge < -0.3 is 4.74 Å². The standard InChI is InChI=1S/C5H3F3O2/c1-2-4(9)10-3-5(6,7)8/h1H,3H2. The summed E-state index contributed by atoms with van der Waals surface area (Å²) in [6.07, 6.45) is -0.0979. The summed E-state index contributed by atoms with van der Waals surface area (Å²) in [4.78, 5) is 9.90. The third-order valence-corrected chi connectivity index (χ3v) is 0.485. The average Bonchev–Trinajstić information content (AvgIpc) is 1.81. The van der Waals surface area contributed by atoms with E-state index in [4.69, 9.17) is 0 Å². The van der Waals surface area contributed by atoms with Crippen molar-refractivity contribution in [2.75, 3.05) is 6.61 Å². The molecule has 0 bridgehead atoms. The van der Waals surface area contributed by atoms with Crippen molar-refractivity contribution in [1.29, 1.82) is 0 Å². The van der Waals surface area contributed by atoms with Crippen LogP contribution in [0.3, 0.4) is 0 Å². The summed E-state index contributed by atoms with van der Waals surface area (Å²) in [5, 5.41) is 0. The third-order valence-electron chi connectivity index (χ3n) is 0.485. The number of halogens is 3. The predicted octanol–water partition coefficient (Wildman–Crippen LogP) is 0.725.